The van der Waals surface area contributed by atoms with Gasteiger partial charge in [0.15, 0.2) is 0 Å². The second kappa shape index (κ2) is 12.3. The number of carbonyl (C=O) groups excluding carboxylic acids is 1. The van der Waals surface area contributed by atoms with Crippen molar-refractivity contribution in [2.45, 2.75) is 45.4 Å². The zero-order valence-electron chi connectivity index (χ0n) is 18.4. The van der Waals surface area contributed by atoms with E-state index < -0.39 is 5.91 Å². The topological polar surface area (TPSA) is 99.6 Å². The summed E-state index contributed by atoms with van der Waals surface area (Å²) in [5, 5.41) is 20.5. The molecule has 3 aromatic rings. The third kappa shape index (κ3) is 6.97. The van der Waals surface area contributed by atoms with Crippen molar-refractivity contribution in [1.82, 2.24) is 15.6 Å². The normalized spacial score (nSPS) is 11.0. The number of aromatic amines is 1. The minimum atomic E-state index is -0.422. The molecular formula is C25H30N4O3. The monoisotopic (exact) mass is 434 g/mol. The van der Waals surface area contributed by atoms with E-state index in [0.29, 0.717) is 11.3 Å². The molecule has 168 valence electrons. The summed E-state index contributed by atoms with van der Waals surface area (Å²) in [6, 6.07) is 16.1. The minimum absolute atomic E-state index is 0.0914. The summed E-state index contributed by atoms with van der Waals surface area (Å²) in [6.45, 7) is 2.94. The first-order valence-corrected chi connectivity index (χ1v) is 11.1. The third-order valence-electron chi connectivity index (χ3n) is 5.05. The van der Waals surface area contributed by atoms with Gasteiger partial charge in [0.25, 0.3) is 5.91 Å². The molecule has 0 spiro atoms. The van der Waals surface area contributed by atoms with Crippen molar-refractivity contribution in [3.05, 3.63) is 65.9 Å². The largest absolute Gasteiger partial charge is 0.507 e. The molecule has 32 heavy (non-hydrogen) atoms. The van der Waals surface area contributed by atoms with Gasteiger partial charge in [0.1, 0.15) is 17.2 Å². The summed E-state index contributed by atoms with van der Waals surface area (Å²) in [6.07, 6.45) is 8.79. The van der Waals surface area contributed by atoms with Crippen molar-refractivity contribution in [3.63, 3.8) is 0 Å². The number of carbonyl (C=O) groups is 1. The van der Waals surface area contributed by atoms with Crippen LogP contribution < -0.4 is 10.2 Å². The van der Waals surface area contributed by atoms with Crippen molar-refractivity contribution in [2.75, 3.05) is 6.61 Å². The summed E-state index contributed by atoms with van der Waals surface area (Å²) in [5.74, 6) is 0.498. The number of hydrogen-bond acceptors (Lipinski definition) is 5. The first-order chi connectivity index (χ1) is 15.7. The minimum Gasteiger partial charge on any atom is -0.507 e. The van der Waals surface area contributed by atoms with Gasteiger partial charge in [-0.1, -0.05) is 51.2 Å². The van der Waals surface area contributed by atoms with Gasteiger partial charge >= 0.3 is 0 Å². The van der Waals surface area contributed by atoms with Crippen LogP contribution in [0.4, 0.5) is 0 Å². The van der Waals surface area contributed by atoms with Crippen molar-refractivity contribution >= 4 is 12.1 Å². The van der Waals surface area contributed by atoms with Crippen LogP contribution in [-0.4, -0.2) is 34.0 Å². The maximum Gasteiger partial charge on any atom is 0.289 e. The summed E-state index contributed by atoms with van der Waals surface area (Å²) in [4.78, 5) is 12.3. The average molecular weight is 435 g/mol. The Morgan fingerprint density at radius 1 is 1.09 bits per heavy atom. The fourth-order valence-corrected chi connectivity index (χ4v) is 3.20. The smallest absolute Gasteiger partial charge is 0.289 e. The maximum atomic E-state index is 12.3. The highest BCUT2D eigenvalue weighted by atomic mass is 16.5. The number of phenols is 1. The van der Waals surface area contributed by atoms with Gasteiger partial charge in [-0.2, -0.15) is 10.2 Å². The molecule has 0 atom stereocenters. The number of unbranched alkanes of at least 4 members (excludes halogenated alkanes) is 5. The summed E-state index contributed by atoms with van der Waals surface area (Å²) < 4.78 is 5.81. The fourth-order valence-electron chi connectivity index (χ4n) is 3.20. The molecule has 2 aromatic carbocycles. The van der Waals surface area contributed by atoms with Gasteiger partial charge in [-0.3, -0.25) is 9.89 Å². The van der Waals surface area contributed by atoms with E-state index in [-0.39, 0.29) is 11.4 Å². The van der Waals surface area contributed by atoms with Gasteiger partial charge in [0.2, 0.25) is 0 Å². The molecule has 3 rings (SSSR count). The first kappa shape index (κ1) is 23.1. The Hall–Kier alpha value is -3.61. The molecule has 0 saturated heterocycles. The van der Waals surface area contributed by atoms with E-state index in [4.69, 9.17) is 4.74 Å². The number of aromatic hydroxyl groups is 1. The van der Waals surface area contributed by atoms with Crippen LogP contribution in [0.25, 0.3) is 11.3 Å². The van der Waals surface area contributed by atoms with Crippen LogP contribution in [0, 0.1) is 0 Å². The standard InChI is InChI=1S/C25H30N4O3/c1-2-3-4-5-6-9-16-32-21-14-12-19(13-15-21)22-17-23(28-27-22)25(31)29-26-18-20-10-7-8-11-24(20)30/h7-8,10-15,17-18,30H,2-6,9,16H2,1H3,(H,27,28)(H,29,31). The van der Waals surface area contributed by atoms with Gasteiger partial charge in [0.05, 0.1) is 18.5 Å². The number of H-pyrrole nitrogens is 1. The summed E-state index contributed by atoms with van der Waals surface area (Å²) in [7, 11) is 0. The number of hydrogen-bond donors (Lipinski definition) is 3. The van der Waals surface area contributed by atoms with Crippen LogP contribution in [0.1, 0.15) is 61.5 Å². The lowest BCUT2D eigenvalue weighted by Crippen LogP contribution is -2.18. The predicted molar refractivity (Wildman–Crippen MR) is 126 cm³/mol. The zero-order chi connectivity index (χ0) is 22.6. The molecule has 1 aromatic heterocycles. The highest BCUT2D eigenvalue weighted by Crippen LogP contribution is 2.21. The Bertz CT molecular complexity index is 1010. The van der Waals surface area contributed by atoms with Gasteiger partial charge in [-0.05, 0) is 48.9 Å². The molecule has 0 aliphatic heterocycles. The van der Waals surface area contributed by atoms with E-state index in [2.05, 4.69) is 27.6 Å². The van der Waals surface area contributed by atoms with Crippen molar-refractivity contribution in [3.8, 4) is 22.8 Å². The number of para-hydroxylation sites is 1. The number of rotatable bonds is 12. The molecule has 0 bridgehead atoms. The number of nitrogens with one attached hydrogen (secondary N) is 2. The van der Waals surface area contributed by atoms with Crippen LogP contribution in [0.3, 0.4) is 0 Å². The predicted octanol–water partition coefficient (Wildman–Crippen LogP) is 5.29. The van der Waals surface area contributed by atoms with Crippen LogP contribution in [-0.2, 0) is 0 Å². The van der Waals surface area contributed by atoms with E-state index in [0.717, 1.165) is 24.3 Å². The Labute approximate surface area is 188 Å². The Morgan fingerprint density at radius 3 is 2.62 bits per heavy atom. The molecule has 0 unspecified atom stereocenters. The average Bonchev–Trinajstić information content (AvgIpc) is 3.31. The molecule has 0 radical (unpaired) electrons. The first-order valence-electron chi connectivity index (χ1n) is 11.1. The number of benzene rings is 2. The van der Waals surface area contributed by atoms with Crippen molar-refractivity contribution in [2.24, 2.45) is 5.10 Å². The number of amides is 1. The van der Waals surface area contributed by atoms with Crippen LogP contribution >= 0.6 is 0 Å². The van der Waals surface area contributed by atoms with Gasteiger partial charge in [-0.15, -0.1) is 0 Å². The molecule has 7 nitrogen and oxygen atoms in total. The van der Waals surface area contributed by atoms with Crippen LogP contribution in [0.5, 0.6) is 11.5 Å². The molecule has 3 N–H and O–H groups in total. The summed E-state index contributed by atoms with van der Waals surface area (Å²) >= 11 is 0. The quantitative estimate of drug-likeness (QED) is 0.205. The van der Waals surface area contributed by atoms with Gasteiger partial charge in [0, 0.05) is 11.1 Å². The molecule has 0 aliphatic carbocycles. The van der Waals surface area contributed by atoms with Crippen molar-refractivity contribution in [1.29, 1.82) is 0 Å². The number of aromatic nitrogens is 2. The highest BCUT2D eigenvalue weighted by Gasteiger charge is 2.10. The lowest BCUT2D eigenvalue weighted by atomic mass is 10.1. The Kier molecular flexibility index (Phi) is 8.86. The molecule has 1 amide bonds. The summed E-state index contributed by atoms with van der Waals surface area (Å²) in [5.41, 5.74) is 4.76. The lowest BCUT2D eigenvalue weighted by molar-refractivity contribution is 0.0950. The third-order valence-corrected chi connectivity index (χ3v) is 5.05. The van der Waals surface area contributed by atoms with E-state index in [1.54, 1.807) is 30.3 Å². The molecule has 1 heterocycles. The molecular weight excluding hydrogens is 404 g/mol. The van der Waals surface area contributed by atoms with Crippen molar-refractivity contribution < 1.29 is 14.6 Å². The SMILES string of the molecule is CCCCCCCCOc1ccc(-c2cc(C(=O)NN=Cc3ccccc3O)[nH]n2)cc1. The number of hydrazone groups is 1. The van der Waals surface area contributed by atoms with Crippen LogP contribution in [0.15, 0.2) is 59.7 Å². The highest BCUT2D eigenvalue weighted by molar-refractivity contribution is 5.94. The number of phenolic OH excluding ortho intramolecular Hbond substituents is 1. The van der Waals surface area contributed by atoms with E-state index >= 15 is 0 Å². The fraction of sp³-hybridized carbons (Fsp3) is 0.320. The second-order valence-corrected chi connectivity index (χ2v) is 7.57. The van der Waals surface area contributed by atoms with E-state index in [1.165, 1.54) is 38.3 Å². The van der Waals surface area contributed by atoms with Gasteiger partial charge in [-0.25, -0.2) is 5.43 Å². The number of ether oxygens (including phenoxy) is 1. The molecule has 0 aliphatic rings. The van der Waals surface area contributed by atoms with E-state index in [9.17, 15) is 9.90 Å². The maximum absolute atomic E-state index is 12.3. The van der Waals surface area contributed by atoms with E-state index in [1.807, 2.05) is 24.3 Å². The Balaban J connectivity index is 1.47. The second-order valence-electron chi connectivity index (χ2n) is 7.57. The molecule has 0 fully saturated rings. The van der Waals surface area contributed by atoms with Crippen LogP contribution in [0.2, 0.25) is 0 Å². The molecule has 7 heteroatoms. The van der Waals surface area contributed by atoms with Gasteiger partial charge < -0.3 is 9.84 Å². The molecule has 0 saturated carbocycles. The number of nitrogens with zero attached hydrogens (tertiary/aromatic N) is 2. The lowest BCUT2D eigenvalue weighted by Gasteiger charge is -2.06. The Morgan fingerprint density at radius 2 is 1.84 bits per heavy atom. The zero-order valence-corrected chi connectivity index (χ0v) is 18.4.